The second kappa shape index (κ2) is 3.76. The van der Waals surface area contributed by atoms with E-state index in [0.717, 1.165) is 26.8 Å². The summed E-state index contributed by atoms with van der Waals surface area (Å²) in [5.41, 5.74) is 3.16. The van der Waals surface area contributed by atoms with Crippen molar-refractivity contribution in [3.63, 3.8) is 0 Å². The molecule has 3 heteroatoms. The van der Waals surface area contributed by atoms with E-state index in [0.29, 0.717) is 0 Å². The molecule has 0 aliphatic carbocycles. The molecule has 0 radical (unpaired) electrons. The fourth-order valence-electron chi connectivity index (χ4n) is 1.78. The van der Waals surface area contributed by atoms with E-state index in [9.17, 15) is 0 Å². The lowest BCUT2D eigenvalue weighted by atomic mass is 10.1. The SMILES string of the molecule is Brc1ccccc1-c1cc2cccnc2[nH]1. The summed E-state index contributed by atoms with van der Waals surface area (Å²) in [6, 6.07) is 14.3. The molecule has 0 saturated heterocycles. The van der Waals surface area contributed by atoms with Gasteiger partial charge in [-0.25, -0.2) is 4.98 Å². The maximum absolute atomic E-state index is 4.29. The number of nitrogens with one attached hydrogen (secondary N) is 1. The summed E-state index contributed by atoms with van der Waals surface area (Å²) in [6.07, 6.45) is 1.79. The molecule has 2 heterocycles. The van der Waals surface area contributed by atoms with Crippen LogP contribution in [0.2, 0.25) is 0 Å². The smallest absolute Gasteiger partial charge is 0.137 e. The second-order valence-electron chi connectivity index (χ2n) is 3.60. The minimum absolute atomic E-state index is 0.924. The summed E-state index contributed by atoms with van der Waals surface area (Å²) in [5, 5.41) is 1.13. The number of halogens is 1. The number of nitrogens with zero attached hydrogens (tertiary/aromatic N) is 1. The van der Waals surface area contributed by atoms with Crippen molar-refractivity contribution in [2.45, 2.75) is 0 Å². The highest BCUT2D eigenvalue weighted by Crippen LogP contribution is 2.29. The zero-order valence-electron chi connectivity index (χ0n) is 8.44. The molecule has 2 aromatic heterocycles. The Kier molecular flexibility index (Phi) is 2.26. The van der Waals surface area contributed by atoms with Gasteiger partial charge in [0.25, 0.3) is 0 Å². The van der Waals surface area contributed by atoms with E-state index in [1.807, 2.05) is 24.3 Å². The number of hydrogen-bond acceptors (Lipinski definition) is 1. The number of pyridine rings is 1. The van der Waals surface area contributed by atoms with E-state index in [4.69, 9.17) is 0 Å². The molecule has 0 unspecified atom stereocenters. The lowest BCUT2D eigenvalue weighted by Crippen LogP contribution is -1.78. The highest BCUT2D eigenvalue weighted by Gasteiger charge is 2.05. The van der Waals surface area contributed by atoms with Crippen LogP contribution in [0.4, 0.5) is 0 Å². The summed E-state index contributed by atoms with van der Waals surface area (Å²) in [7, 11) is 0. The molecule has 0 bridgehead atoms. The van der Waals surface area contributed by atoms with Crippen molar-refractivity contribution < 1.29 is 0 Å². The molecule has 0 aliphatic heterocycles. The predicted octanol–water partition coefficient (Wildman–Crippen LogP) is 3.99. The molecule has 78 valence electrons. The first-order valence-electron chi connectivity index (χ1n) is 5.03. The highest BCUT2D eigenvalue weighted by atomic mass is 79.9. The van der Waals surface area contributed by atoms with E-state index in [2.05, 4.69) is 44.1 Å². The summed E-state index contributed by atoms with van der Waals surface area (Å²) < 4.78 is 1.08. The maximum atomic E-state index is 4.29. The zero-order valence-corrected chi connectivity index (χ0v) is 10.0. The number of fused-ring (bicyclic) bond motifs is 1. The van der Waals surface area contributed by atoms with E-state index < -0.39 is 0 Å². The predicted molar refractivity (Wildman–Crippen MR) is 69.2 cm³/mol. The highest BCUT2D eigenvalue weighted by molar-refractivity contribution is 9.10. The number of aromatic amines is 1. The quantitative estimate of drug-likeness (QED) is 0.713. The van der Waals surface area contributed by atoms with Crippen molar-refractivity contribution in [2.24, 2.45) is 0 Å². The van der Waals surface area contributed by atoms with Crippen LogP contribution < -0.4 is 0 Å². The fraction of sp³-hybridized carbons (Fsp3) is 0. The van der Waals surface area contributed by atoms with Gasteiger partial charge in [0.2, 0.25) is 0 Å². The van der Waals surface area contributed by atoms with Crippen molar-refractivity contribution >= 4 is 27.0 Å². The van der Waals surface area contributed by atoms with Crippen LogP contribution in [-0.2, 0) is 0 Å². The number of hydrogen-bond donors (Lipinski definition) is 1. The zero-order chi connectivity index (χ0) is 11.0. The van der Waals surface area contributed by atoms with Crippen LogP contribution in [0, 0.1) is 0 Å². The number of benzene rings is 1. The number of H-pyrrole nitrogens is 1. The molecule has 1 N–H and O–H groups in total. The molecular formula is C13H9BrN2. The van der Waals surface area contributed by atoms with Crippen LogP contribution in [0.1, 0.15) is 0 Å². The Morgan fingerprint density at radius 1 is 1.06 bits per heavy atom. The molecule has 0 saturated carbocycles. The van der Waals surface area contributed by atoms with Crippen molar-refractivity contribution in [3.8, 4) is 11.3 Å². The Bertz CT molecular complexity index is 610. The maximum Gasteiger partial charge on any atom is 0.137 e. The Balaban J connectivity index is 2.23. The Morgan fingerprint density at radius 3 is 2.75 bits per heavy atom. The molecule has 3 aromatic rings. The molecule has 0 spiro atoms. The van der Waals surface area contributed by atoms with Crippen LogP contribution in [0.5, 0.6) is 0 Å². The first kappa shape index (κ1) is 9.60. The van der Waals surface area contributed by atoms with Gasteiger partial charge in [-0.15, -0.1) is 0 Å². The van der Waals surface area contributed by atoms with Gasteiger partial charge in [0, 0.05) is 27.3 Å². The molecule has 3 rings (SSSR count). The minimum atomic E-state index is 0.924. The molecule has 0 aliphatic rings. The third kappa shape index (κ3) is 1.53. The Hall–Kier alpha value is -1.61. The van der Waals surface area contributed by atoms with Crippen molar-refractivity contribution in [3.05, 3.63) is 53.1 Å². The average molecular weight is 273 g/mol. The average Bonchev–Trinajstić information content (AvgIpc) is 2.73. The molecule has 1 aromatic carbocycles. The van der Waals surface area contributed by atoms with Gasteiger partial charge in [0.1, 0.15) is 5.65 Å². The Morgan fingerprint density at radius 2 is 1.94 bits per heavy atom. The third-order valence-corrected chi connectivity index (χ3v) is 3.25. The van der Waals surface area contributed by atoms with E-state index >= 15 is 0 Å². The van der Waals surface area contributed by atoms with Gasteiger partial charge in [0.15, 0.2) is 0 Å². The lowest BCUT2D eigenvalue weighted by molar-refractivity contribution is 1.32. The second-order valence-corrected chi connectivity index (χ2v) is 4.46. The molecule has 16 heavy (non-hydrogen) atoms. The topological polar surface area (TPSA) is 28.7 Å². The van der Waals surface area contributed by atoms with Gasteiger partial charge in [-0.3, -0.25) is 0 Å². The van der Waals surface area contributed by atoms with E-state index in [-0.39, 0.29) is 0 Å². The number of aromatic nitrogens is 2. The van der Waals surface area contributed by atoms with Gasteiger partial charge >= 0.3 is 0 Å². The van der Waals surface area contributed by atoms with E-state index in [1.54, 1.807) is 6.20 Å². The van der Waals surface area contributed by atoms with Gasteiger partial charge in [-0.1, -0.05) is 34.1 Å². The first-order valence-corrected chi connectivity index (χ1v) is 5.82. The van der Waals surface area contributed by atoms with Crippen LogP contribution in [0.25, 0.3) is 22.3 Å². The summed E-state index contributed by atoms with van der Waals surface area (Å²) in [5.74, 6) is 0. The monoisotopic (exact) mass is 272 g/mol. The van der Waals surface area contributed by atoms with Crippen molar-refractivity contribution in [1.82, 2.24) is 9.97 Å². The van der Waals surface area contributed by atoms with Crippen LogP contribution in [0.3, 0.4) is 0 Å². The molecule has 0 atom stereocenters. The van der Waals surface area contributed by atoms with Gasteiger partial charge in [-0.05, 0) is 24.3 Å². The van der Waals surface area contributed by atoms with Crippen molar-refractivity contribution in [1.29, 1.82) is 0 Å². The third-order valence-electron chi connectivity index (χ3n) is 2.56. The molecular weight excluding hydrogens is 264 g/mol. The summed E-state index contributed by atoms with van der Waals surface area (Å²) in [6.45, 7) is 0. The van der Waals surface area contributed by atoms with E-state index in [1.165, 1.54) is 0 Å². The normalized spacial score (nSPS) is 10.8. The first-order chi connectivity index (χ1) is 7.84. The number of rotatable bonds is 1. The van der Waals surface area contributed by atoms with Crippen LogP contribution in [-0.4, -0.2) is 9.97 Å². The largest absolute Gasteiger partial charge is 0.339 e. The van der Waals surface area contributed by atoms with Gasteiger partial charge in [-0.2, -0.15) is 0 Å². The molecule has 2 nitrogen and oxygen atoms in total. The van der Waals surface area contributed by atoms with Crippen LogP contribution >= 0.6 is 15.9 Å². The lowest BCUT2D eigenvalue weighted by Gasteiger charge is -1.99. The molecule has 0 amide bonds. The van der Waals surface area contributed by atoms with Crippen LogP contribution in [0.15, 0.2) is 53.1 Å². The minimum Gasteiger partial charge on any atom is -0.339 e. The van der Waals surface area contributed by atoms with Crippen molar-refractivity contribution in [2.75, 3.05) is 0 Å². The van der Waals surface area contributed by atoms with Gasteiger partial charge in [0.05, 0.1) is 0 Å². The Labute approximate surface area is 101 Å². The van der Waals surface area contributed by atoms with Gasteiger partial charge < -0.3 is 4.98 Å². The molecule has 0 fully saturated rings. The summed E-state index contributed by atoms with van der Waals surface area (Å²) in [4.78, 5) is 7.60. The standard InChI is InChI=1S/C13H9BrN2/c14-11-6-2-1-5-10(11)12-8-9-4-3-7-15-13(9)16-12/h1-8H,(H,15,16). The summed E-state index contributed by atoms with van der Waals surface area (Å²) >= 11 is 3.55. The fourth-order valence-corrected chi connectivity index (χ4v) is 2.28.